The van der Waals surface area contributed by atoms with Gasteiger partial charge < -0.3 is 15.0 Å². The van der Waals surface area contributed by atoms with Gasteiger partial charge in [0.05, 0.1) is 19.3 Å². The first-order chi connectivity index (χ1) is 8.72. The Morgan fingerprint density at radius 1 is 1.63 bits per heavy atom. The molecule has 0 spiro atoms. The molecule has 1 aliphatic rings. The van der Waals surface area contributed by atoms with E-state index in [1.165, 1.54) is 4.88 Å². The van der Waals surface area contributed by atoms with Crippen LogP contribution in [0.4, 0.5) is 0 Å². The van der Waals surface area contributed by atoms with Gasteiger partial charge in [-0.2, -0.15) is 0 Å². The predicted octanol–water partition coefficient (Wildman–Crippen LogP) is 1.90. The Morgan fingerprint density at radius 2 is 2.42 bits per heavy atom. The summed E-state index contributed by atoms with van der Waals surface area (Å²) in [6.45, 7) is 6.81. The zero-order valence-electron chi connectivity index (χ0n) is 11.3. The van der Waals surface area contributed by atoms with Crippen LogP contribution in [0.1, 0.15) is 18.7 Å². The quantitative estimate of drug-likeness (QED) is 0.924. The van der Waals surface area contributed by atoms with Crippen LogP contribution < -0.4 is 5.32 Å². The number of halogens is 1. The highest BCUT2D eigenvalue weighted by Crippen LogP contribution is 2.14. The van der Waals surface area contributed by atoms with Gasteiger partial charge in [-0.3, -0.25) is 4.79 Å². The van der Waals surface area contributed by atoms with Crippen LogP contribution in [0.5, 0.6) is 0 Å². The van der Waals surface area contributed by atoms with Crippen LogP contribution in [-0.4, -0.2) is 42.6 Å². The number of hydrogen-bond acceptors (Lipinski definition) is 4. The van der Waals surface area contributed by atoms with Crippen molar-refractivity contribution in [1.29, 1.82) is 0 Å². The molecule has 0 aromatic carbocycles. The van der Waals surface area contributed by atoms with Crippen LogP contribution in [0.15, 0.2) is 17.5 Å². The second kappa shape index (κ2) is 7.85. The molecule has 2 heterocycles. The van der Waals surface area contributed by atoms with Crippen LogP contribution in [-0.2, 0) is 16.1 Å². The summed E-state index contributed by atoms with van der Waals surface area (Å²) in [5.74, 6) is 0.137. The summed E-state index contributed by atoms with van der Waals surface area (Å²) in [5.41, 5.74) is 0. The van der Waals surface area contributed by atoms with E-state index in [-0.39, 0.29) is 30.5 Å². The average molecular weight is 305 g/mol. The molecule has 0 radical (unpaired) electrons. The van der Waals surface area contributed by atoms with Crippen molar-refractivity contribution in [3.05, 3.63) is 22.4 Å². The normalized spacial score (nSPS) is 22.6. The van der Waals surface area contributed by atoms with E-state index in [1.54, 1.807) is 11.3 Å². The van der Waals surface area contributed by atoms with Crippen molar-refractivity contribution in [2.75, 3.05) is 19.7 Å². The fourth-order valence-electron chi connectivity index (χ4n) is 2.14. The minimum absolute atomic E-state index is 0. The largest absolute Gasteiger partial charge is 0.375 e. The molecule has 1 amide bonds. The Bertz CT molecular complexity index is 386. The first kappa shape index (κ1) is 16.4. The number of rotatable bonds is 4. The van der Waals surface area contributed by atoms with Crippen LogP contribution in [0.3, 0.4) is 0 Å². The fraction of sp³-hybridized carbons (Fsp3) is 0.615. The summed E-state index contributed by atoms with van der Waals surface area (Å²) in [4.78, 5) is 15.6. The number of nitrogens with one attached hydrogen (secondary N) is 1. The Kier molecular flexibility index (Phi) is 6.79. The lowest BCUT2D eigenvalue weighted by Gasteiger charge is -2.33. The van der Waals surface area contributed by atoms with Crippen molar-refractivity contribution in [2.24, 2.45) is 0 Å². The van der Waals surface area contributed by atoms with Crippen LogP contribution in [0.2, 0.25) is 0 Å². The lowest BCUT2D eigenvalue weighted by Crippen LogP contribution is -2.56. The molecule has 1 N–H and O–H groups in total. The monoisotopic (exact) mass is 304 g/mol. The maximum Gasteiger partial charge on any atom is 0.242 e. The lowest BCUT2D eigenvalue weighted by molar-refractivity contribution is -0.139. The summed E-state index contributed by atoms with van der Waals surface area (Å²) in [6.07, 6.45) is -0.0522. The van der Waals surface area contributed by atoms with E-state index >= 15 is 0 Å². The third kappa shape index (κ3) is 4.18. The number of amides is 1. The van der Waals surface area contributed by atoms with Crippen molar-refractivity contribution in [2.45, 2.75) is 32.5 Å². The molecule has 108 valence electrons. The molecule has 19 heavy (non-hydrogen) atoms. The Labute approximate surface area is 124 Å². The first-order valence-corrected chi connectivity index (χ1v) is 7.26. The van der Waals surface area contributed by atoms with Crippen LogP contribution in [0.25, 0.3) is 0 Å². The molecule has 0 unspecified atom stereocenters. The van der Waals surface area contributed by atoms with Gasteiger partial charge in [-0.05, 0) is 25.3 Å². The van der Waals surface area contributed by atoms with Gasteiger partial charge in [0.25, 0.3) is 0 Å². The minimum Gasteiger partial charge on any atom is -0.375 e. The third-order valence-corrected chi connectivity index (χ3v) is 4.06. The fourth-order valence-corrected chi connectivity index (χ4v) is 2.86. The molecule has 2 atom stereocenters. The third-order valence-electron chi connectivity index (χ3n) is 3.20. The number of likely N-dealkylation sites (N-methyl/N-ethyl adjacent to an activating group) is 1. The number of nitrogens with zero attached hydrogens (tertiary/aromatic N) is 1. The SMILES string of the molecule is CCN(Cc1cccs1)C(=O)[C@H]1NCCO[C@@H]1C.Cl. The van der Waals surface area contributed by atoms with Gasteiger partial charge in [-0.15, -0.1) is 23.7 Å². The molecule has 1 aromatic heterocycles. The van der Waals surface area contributed by atoms with Crippen LogP contribution in [0, 0.1) is 0 Å². The van der Waals surface area contributed by atoms with Gasteiger partial charge in [0.15, 0.2) is 0 Å². The smallest absolute Gasteiger partial charge is 0.242 e. The molecule has 0 saturated carbocycles. The number of carbonyl (C=O) groups excluding carboxylic acids is 1. The summed E-state index contributed by atoms with van der Waals surface area (Å²) >= 11 is 1.69. The van der Waals surface area contributed by atoms with Crippen molar-refractivity contribution >= 4 is 29.7 Å². The van der Waals surface area contributed by atoms with Gasteiger partial charge in [-0.1, -0.05) is 6.07 Å². The van der Waals surface area contributed by atoms with E-state index < -0.39 is 0 Å². The number of morpholine rings is 1. The number of hydrogen-bond donors (Lipinski definition) is 1. The highest BCUT2D eigenvalue weighted by molar-refractivity contribution is 7.09. The molecular weight excluding hydrogens is 284 g/mol. The van der Waals surface area contributed by atoms with E-state index in [0.717, 1.165) is 13.1 Å². The molecule has 1 saturated heterocycles. The highest BCUT2D eigenvalue weighted by atomic mass is 35.5. The van der Waals surface area contributed by atoms with E-state index in [0.29, 0.717) is 13.2 Å². The average Bonchev–Trinajstić information content (AvgIpc) is 2.88. The molecule has 0 bridgehead atoms. The molecule has 2 rings (SSSR count). The second-order valence-electron chi connectivity index (χ2n) is 4.44. The Morgan fingerprint density at radius 3 is 3.00 bits per heavy atom. The minimum atomic E-state index is -0.210. The van der Waals surface area contributed by atoms with Crippen molar-refractivity contribution in [3.8, 4) is 0 Å². The Hall–Kier alpha value is -0.620. The van der Waals surface area contributed by atoms with Gasteiger partial charge in [0.2, 0.25) is 5.91 Å². The molecule has 1 aromatic rings. The van der Waals surface area contributed by atoms with Crippen molar-refractivity contribution in [3.63, 3.8) is 0 Å². The van der Waals surface area contributed by atoms with Crippen molar-refractivity contribution in [1.82, 2.24) is 10.2 Å². The summed E-state index contributed by atoms with van der Waals surface area (Å²) in [7, 11) is 0. The van der Waals surface area contributed by atoms with E-state index in [4.69, 9.17) is 4.74 Å². The van der Waals surface area contributed by atoms with Gasteiger partial charge in [0.1, 0.15) is 6.04 Å². The summed E-state index contributed by atoms with van der Waals surface area (Å²) in [6, 6.07) is 3.87. The standard InChI is InChI=1S/C13H20N2O2S.ClH/c1-3-15(9-11-5-4-8-18-11)13(16)12-10(2)17-7-6-14-12;/h4-5,8,10,12,14H,3,6-7,9H2,1-2H3;1H/t10-,12+;/m1./s1. The number of carbonyl (C=O) groups is 1. The summed E-state index contributed by atoms with van der Waals surface area (Å²) in [5, 5.41) is 5.29. The maximum absolute atomic E-state index is 12.5. The molecular formula is C13H21ClN2O2S. The van der Waals surface area contributed by atoms with E-state index in [9.17, 15) is 4.79 Å². The predicted molar refractivity (Wildman–Crippen MR) is 79.9 cm³/mol. The second-order valence-corrected chi connectivity index (χ2v) is 5.47. The molecule has 1 aliphatic heterocycles. The summed E-state index contributed by atoms with van der Waals surface area (Å²) < 4.78 is 5.53. The van der Waals surface area contributed by atoms with E-state index in [2.05, 4.69) is 11.4 Å². The zero-order chi connectivity index (χ0) is 13.0. The molecule has 0 aliphatic carbocycles. The van der Waals surface area contributed by atoms with Crippen LogP contribution >= 0.6 is 23.7 Å². The number of ether oxygens (including phenoxy) is 1. The first-order valence-electron chi connectivity index (χ1n) is 6.38. The van der Waals surface area contributed by atoms with Gasteiger partial charge >= 0.3 is 0 Å². The van der Waals surface area contributed by atoms with E-state index in [1.807, 2.05) is 30.2 Å². The molecule has 6 heteroatoms. The zero-order valence-corrected chi connectivity index (χ0v) is 12.9. The maximum atomic E-state index is 12.5. The van der Waals surface area contributed by atoms with Gasteiger partial charge in [-0.25, -0.2) is 0 Å². The Balaban J connectivity index is 0.00000180. The topological polar surface area (TPSA) is 41.6 Å². The number of thiophene rings is 1. The van der Waals surface area contributed by atoms with Crippen molar-refractivity contribution < 1.29 is 9.53 Å². The lowest BCUT2D eigenvalue weighted by atomic mass is 10.1. The highest BCUT2D eigenvalue weighted by Gasteiger charge is 2.31. The van der Waals surface area contributed by atoms with Gasteiger partial charge in [0, 0.05) is 18.0 Å². The molecule has 4 nitrogen and oxygen atoms in total. The molecule has 1 fully saturated rings.